The van der Waals surface area contributed by atoms with Crippen LogP contribution in [-0.2, 0) is 0 Å². The maximum Gasteiger partial charge on any atom is 0.146 e. The maximum atomic E-state index is 5.98. The molecule has 82 valence electrons. The minimum absolute atomic E-state index is 0.456. The number of benzene rings is 1. The van der Waals surface area contributed by atoms with Gasteiger partial charge in [0.25, 0.3) is 0 Å². The van der Waals surface area contributed by atoms with E-state index in [2.05, 4.69) is 37.4 Å². The van der Waals surface area contributed by atoms with Gasteiger partial charge in [0.2, 0.25) is 0 Å². The van der Waals surface area contributed by atoms with Crippen LogP contribution in [0.5, 0.6) is 5.75 Å². The van der Waals surface area contributed by atoms with E-state index in [4.69, 9.17) is 4.74 Å². The number of ether oxygens (including phenoxy) is 1. The van der Waals surface area contributed by atoms with Gasteiger partial charge in [0.1, 0.15) is 5.75 Å². The minimum Gasteiger partial charge on any atom is -0.488 e. The van der Waals surface area contributed by atoms with Gasteiger partial charge in [-0.3, -0.25) is 0 Å². The molecule has 1 N–H and O–H groups in total. The van der Waals surface area contributed by atoms with Crippen LogP contribution in [0.25, 0.3) is 0 Å². The Morgan fingerprint density at radius 1 is 1.33 bits per heavy atom. The molecule has 0 amide bonds. The lowest BCUT2D eigenvalue weighted by Crippen LogP contribution is -2.04. The Bertz CT molecular complexity index is 342. The Kier molecular flexibility index (Phi) is 2.85. The minimum atomic E-state index is 0.456. The molecule has 0 bridgehead atoms. The van der Waals surface area contributed by atoms with E-state index in [9.17, 15) is 0 Å². The van der Waals surface area contributed by atoms with Crippen LogP contribution in [0.3, 0.4) is 0 Å². The molecule has 2 nitrogen and oxygen atoms in total. The Morgan fingerprint density at radius 2 is 2.07 bits per heavy atom. The van der Waals surface area contributed by atoms with Crippen LogP contribution in [-0.4, -0.2) is 13.2 Å². The van der Waals surface area contributed by atoms with E-state index in [-0.39, 0.29) is 0 Å². The first kappa shape index (κ1) is 10.3. The van der Waals surface area contributed by atoms with E-state index < -0.39 is 0 Å². The fraction of sp³-hybridized carbons (Fsp3) is 0.538. The Balaban J connectivity index is 2.34. The smallest absolute Gasteiger partial charge is 0.146 e. The summed E-state index contributed by atoms with van der Waals surface area (Å²) in [6.45, 7) is 4.41. The van der Waals surface area contributed by atoms with Crippen LogP contribution in [0.4, 0.5) is 5.69 Å². The zero-order valence-corrected chi connectivity index (χ0v) is 9.71. The maximum absolute atomic E-state index is 5.98. The molecule has 15 heavy (non-hydrogen) atoms. The SMILES string of the molecule is CNc1cccc(C(C)C)c1OC1CC1. The number of nitrogens with one attached hydrogen (secondary N) is 1. The van der Waals surface area contributed by atoms with E-state index in [1.54, 1.807) is 0 Å². The highest BCUT2D eigenvalue weighted by Crippen LogP contribution is 2.37. The standard InChI is InChI=1S/C13H19NO/c1-9(2)11-5-4-6-12(14-3)13(11)15-10-7-8-10/h4-6,9-10,14H,7-8H2,1-3H3. The van der Waals surface area contributed by atoms with Crippen molar-refractivity contribution in [2.45, 2.75) is 38.7 Å². The summed E-state index contributed by atoms with van der Waals surface area (Å²) < 4.78 is 5.98. The van der Waals surface area contributed by atoms with Crippen molar-refractivity contribution in [2.75, 3.05) is 12.4 Å². The van der Waals surface area contributed by atoms with Gasteiger partial charge >= 0.3 is 0 Å². The lowest BCUT2D eigenvalue weighted by atomic mass is 10.0. The van der Waals surface area contributed by atoms with Crippen LogP contribution in [0.2, 0.25) is 0 Å². The second-order valence-corrected chi connectivity index (χ2v) is 4.45. The molecule has 1 aliphatic rings. The van der Waals surface area contributed by atoms with Crippen LogP contribution >= 0.6 is 0 Å². The lowest BCUT2D eigenvalue weighted by Gasteiger charge is -2.17. The van der Waals surface area contributed by atoms with Crippen molar-refractivity contribution in [3.63, 3.8) is 0 Å². The van der Waals surface area contributed by atoms with Crippen LogP contribution in [0.15, 0.2) is 18.2 Å². The molecule has 0 saturated heterocycles. The third-order valence-electron chi connectivity index (χ3n) is 2.75. The predicted octanol–water partition coefficient (Wildman–Crippen LogP) is 3.39. The summed E-state index contributed by atoms with van der Waals surface area (Å²) in [6.07, 6.45) is 2.86. The molecule has 0 unspecified atom stereocenters. The third-order valence-corrected chi connectivity index (χ3v) is 2.75. The molecule has 0 atom stereocenters. The highest BCUT2D eigenvalue weighted by atomic mass is 16.5. The van der Waals surface area contributed by atoms with Gasteiger partial charge < -0.3 is 10.1 Å². The summed E-state index contributed by atoms with van der Waals surface area (Å²) in [5.41, 5.74) is 2.40. The second kappa shape index (κ2) is 4.13. The lowest BCUT2D eigenvalue weighted by molar-refractivity contribution is 0.300. The summed E-state index contributed by atoms with van der Waals surface area (Å²) in [7, 11) is 1.94. The van der Waals surface area contributed by atoms with E-state index in [0.29, 0.717) is 12.0 Å². The van der Waals surface area contributed by atoms with E-state index in [1.165, 1.54) is 18.4 Å². The Morgan fingerprint density at radius 3 is 2.60 bits per heavy atom. The first-order valence-corrected chi connectivity index (χ1v) is 5.69. The molecule has 0 aliphatic heterocycles. The fourth-order valence-electron chi connectivity index (χ4n) is 1.69. The normalized spacial score (nSPS) is 15.5. The van der Waals surface area contributed by atoms with Gasteiger partial charge in [0.05, 0.1) is 11.8 Å². The van der Waals surface area contributed by atoms with Crippen molar-refractivity contribution in [2.24, 2.45) is 0 Å². The van der Waals surface area contributed by atoms with Crippen LogP contribution in [0, 0.1) is 0 Å². The third kappa shape index (κ3) is 2.25. The number of hydrogen-bond acceptors (Lipinski definition) is 2. The van der Waals surface area contributed by atoms with Crippen molar-refractivity contribution in [1.29, 1.82) is 0 Å². The summed E-state index contributed by atoms with van der Waals surface area (Å²) in [4.78, 5) is 0. The molecule has 1 aromatic rings. The molecule has 1 aliphatic carbocycles. The van der Waals surface area contributed by atoms with Gasteiger partial charge in [-0.25, -0.2) is 0 Å². The van der Waals surface area contributed by atoms with E-state index in [0.717, 1.165) is 11.4 Å². The van der Waals surface area contributed by atoms with Gasteiger partial charge in [-0.15, -0.1) is 0 Å². The number of anilines is 1. The molecule has 0 radical (unpaired) electrons. The topological polar surface area (TPSA) is 21.3 Å². The molecule has 0 heterocycles. The van der Waals surface area contributed by atoms with Gasteiger partial charge in [-0.2, -0.15) is 0 Å². The average molecular weight is 205 g/mol. The van der Waals surface area contributed by atoms with Crippen LogP contribution < -0.4 is 10.1 Å². The highest BCUT2D eigenvalue weighted by molar-refractivity contribution is 5.60. The summed E-state index contributed by atoms with van der Waals surface area (Å²) in [5, 5.41) is 3.20. The van der Waals surface area contributed by atoms with Gasteiger partial charge in [0.15, 0.2) is 0 Å². The summed E-state index contributed by atoms with van der Waals surface area (Å²) in [5.74, 6) is 1.56. The number of rotatable bonds is 4. The first-order valence-electron chi connectivity index (χ1n) is 5.69. The predicted molar refractivity (Wildman–Crippen MR) is 63.7 cm³/mol. The molecular formula is C13H19NO. The molecule has 0 aromatic heterocycles. The molecule has 0 spiro atoms. The van der Waals surface area contributed by atoms with Gasteiger partial charge in [-0.1, -0.05) is 26.0 Å². The van der Waals surface area contributed by atoms with Crippen molar-refractivity contribution < 1.29 is 4.74 Å². The quantitative estimate of drug-likeness (QED) is 0.813. The molecule has 1 fully saturated rings. The zero-order chi connectivity index (χ0) is 10.8. The second-order valence-electron chi connectivity index (χ2n) is 4.45. The number of hydrogen-bond donors (Lipinski definition) is 1. The monoisotopic (exact) mass is 205 g/mol. The highest BCUT2D eigenvalue weighted by Gasteiger charge is 2.26. The van der Waals surface area contributed by atoms with Gasteiger partial charge in [-0.05, 0) is 30.4 Å². The molecule has 2 heteroatoms. The van der Waals surface area contributed by atoms with Crippen molar-refractivity contribution in [3.05, 3.63) is 23.8 Å². The van der Waals surface area contributed by atoms with E-state index >= 15 is 0 Å². The van der Waals surface area contributed by atoms with Crippen molar-refractivity contribution >= 4 is 5.69 Å². The fourth-order valence-corrected chi connectivity index (χ4v) is 1.69. The van der Waals surface area contributed by atoms with Crippen LogP contribution in [0.1, 0.15) is 38.2 Å². The van der Waals surface area contributed by atoms with Gasteiger partial charge in [0, 0.05) is 7.05 Å². The molecule has 2 rings (SSSR count). The molecule has 1 saturated carbocycles. The molecule has 1 aromatic carbocycles. The Labute approximate surface area is 91.6 Å². The summed E-state index contributed by atoms with van der Waals surface area (Å²) >= 11 is 0. The Hall–Kier alpha value is -1.18. The largest absolute Gasteiger partial charge is 0.488 e. The first-order chi connectivity index (χ1) is 7.22. The van der Waals surface area contributed by atoms with E-state index in [1.807, 2.05) is 7.05 Å². The van der Waals surface area contributed by atoms with Crippen molar-refractivity contribution in [1.82, 2.24) is 0 Å². The number of para-hydroxylation sites is 1. The zero-order valence-electron chi connectivity index (χ0n) is 9.71. The molecular weight excluding hydrogens is 186 g/mol. The average Bonchev–Trinajstić information content (AvgIpc) is 3.01. The van der Waals surface area contributed by atoms with Crippen molar-refractivity contribution in [3.8, 4) is 5.75 Å². The summed E-state index contributed by atoms with van der Waals surface area (Å²) in [6, 6.07) is 6.31.